The molecule has 0 fully saturated rings. The van der Waals surface area contributed by atoms with E-state index in [0.29, 0.717) is 6.42 Å². The van der Waals surface area contributed by atoms with Crippen LogP contribution in [0.4, 0.5) is 0 Å². The van der Waals surface area contributed by atoms with Crippen LogP contribution in [0.25, 0.3) is 0 Å². The topological polar surface area (TPSA) is 20.2 Å². The summed E-state index contributed by atoms with van der Waals surface area (Å²) in [7, 11) is 0. The summed E-state index contributed by atoms with van der Waals surface area (Å²) in [4.78, 5) is 1.18. The smallest absolute Gasteiger partial charge is 0.0841 e. The Balaban J connectivity index is 2.14. The van der Waals surface area contributed by atoms with Crippen LogP contribution in [0.3, 0.4) is 0 Å². The molecule has 0 bridgehead atoms. The zero-order valence-corrected chi connectivity index (χ0v) is 12.3. The maximum atomic E-state index is 10.2. The minimum atomic E-state index is -0.416. The van der Waals surface area contributed by atoms with Crippen molar-refractivity contribution in [2.24, 2.45) is 0 Å². The standard InChI is InChI=1S/C14H15BrOS/c1-9-3-5-11(6-4-9)7-13(16)12-8-14(15)17-10(12)2/h3-6,8,13,16H,7H2,1-2H3. The minimum Gasteiger partial charge on any atom is -0.388 e. The Morgan fingerprint density at radius 2 is 1.88 bits per heavy atom. The van der Waals surface area contributed by atoms with Gasteiger partial charge >= 0.3 is 0 Å². The zero-order valence-electron chi connectivity index (χ0n) is 9.90. The molecule has 1 N–H and O–H groups in total. The quantitative estimate of drug-likeness (QED) is 0.890. The van der Waals surface area contributed by atoms with Gasteiger partial charge in [-0.15, -0.1) is 11.3 Å². The van der Waals surface area contributed by atoms with Crippen molar-refractivity contribution in [1.82, 2.24) is 0 Å². The highest BCUT2D eigenvalue weighted by atomic mass is 79.9. The highest BCUT2D eigenvalue weighted by molar-refractivity contribution is 9.11. The van der Waals surface area contributed by atoms with Gasteiger partial charge in [0.15, 0.2) is 0 Å². The highest BCUT2D eigenvalue weighted by Crippen LogP contribution is 2.31. The molecule has 0 saturated heterocycles. The van der Waals surface area contributed by atoms with Crippen molar-refractivity contribution in [2.75, 3.05) is 0 Å². The largest absolute Gasteiger partial charge is 0.388 e. The number of benzene rings is 1. The molecule has 2 rings (SSSR count). The Bertz CT molecular complexity index is 501. The van der Waals surface area contributed by atoms with Gasteiger partial charge in [0.05, 0.1) is 9.89 Å². The average molecular weight is 311 g/mol. The Morgan fingerprint density at radius 1 is 1.24 bits per heavy atom. The molecular formula is C14H15BrOS. The number of aliphatic hydroxyl groups excluding tert-OH is 1. The van der Waals surface area contributed by atoms with E-state index in [9.17, 15) is 5.11 Å². The van der Waals surface area contributed by atoms with Gasteiger partial charge in [-0.3, -0.25) is 0 Å². The molecule has 1 aromatic heterocycles. The summed E-state index contributed by atoms with van der Waals surface area (Å²) in [5.41, 5.74) is 3.45. The number of hydrogen-bond acceptors (Lipinski definition) is 2. The maximum absolute atomic E-state index is 10.2. The van der Waals surface area contributed by atoms with Crippen LogP contribution in [0, 0.1) is 13.8 Å². The molecule has 0 aliphatic heterocycles. The Hall–Kier alpha value is -0.640. The van der Waals surface area contributed by atoms with Crippen LogP contribution in [-0.2, 0) is 6.42 Å². The summed E-state index contributed by atoms with van der Waals surface area (Å²) in [5, 5.41) is 10.2. The van der Waals surface area contributed by atoms with E-state index >= 15 is 0 Å². The van der Waals surface area contributed by atoms with Crippen molar-refractivity contribution in [3.63, 3.8) is 0 Å². The van der Waals surface area contributed by atoms with Gasteiger partial charge < -0.3 is 5.11 Å². The second-order valence-corrected chi connectivity index (χ2v) is 6.90. The van der Waals surface area contributed by atoms with E-state index in [1.54, 1.807) is 11.3 Å². The molecule has 17 heavy (non-hydrogen) atoms. The van der Waals surface area contributed by atoms with Crippen LogP contribution in [0.2, 0.25) is 0 Å². The normalized spacial score (nSPS) is 12.7. The first-order chi connectivity index (χ1) is 8.06. The van der Waals surface area contributed by atoms with Crippen molar-refractivity contribution < 1.29 is 5.11 Å². The zero-order chi connectivity index (χ0) is 12.4. The van der Waals surface area contributed by atoms with E-state index in [-0.39, 0.29) is 0 Å². The summed E-state index contributed by atoms with van der Waals surface area (Å²) < 4.78 is 1.08. The molecule has 0 saturated carbocycles. The lowest BCUT2D eigenvalue weighted by Crippen LogP contribution is -2.01. The lowest BCUT2D eigenvalue weighted by Gasteiger charge is -2.10. The third-order valence-corrected chi connectivity index (χ3v) is 4.40. The first kappa shape index (κ1) is 12.8. The third kappa shape index (κ3) is 3.18. The van der Waals surface area contributed by atoms with Crippen LogP contribution in [-0.4, -0.2) is 5.11 Å². The van der Waals surface area contributed by atoms with E-state index in [4.69, 9.17) is 0 Å². The number of hydrogen-bond donors (Lipinski definition) is 1. The fourth-order valence-corrected chi connectivity index (χ4v) is 3.61. The molecule has 0 amide bonds. The summed E-state index contributed by atoms with van der Waals surface area (Å²) in [5.74, 6) is 0. The van der Waals surface area contributed by atoms with Gasteiger partial charge in [-0.2, -0.15) is 0 Å². The fraction of sp³-hybridized carbons (Fsp3) is 0.286. The first-order valence-electron chi connectivity index (χ1n) is 5.55. The maximum Gasteiger partial charge on any atom is 0.0841 e. The molecule has 1 unspecified atom stereocenters. The van der Waals surface area contributed by atoms with E-state index < -0.39 is 6.10 Å². The second-order valence-electron chi connectivity index (χ2n) is 4.27. The molecule has 2 aromatic rings. The van der Waals surface area contributed by atoms with Crippen molar-refractivity contribution >= 4 is 27.3 Å². The summed E-state index contributed by atoms with van der Waals surface area (Å²) in [6, 6.07) is 10.3. The SMILES string of the molecule is Cc1ccc(CC(O)c2cc(Br)sc2C)cc1. The molecule has 1 heterocycles. The third-order valence-electron chi connectivity index (χ3n) is 2.83. The van der Waals surface area contributed by atoms with Crippen molar-refractivity contribution in [3.05, 3.63) is 55.7 Å². The van der Waals surface area contributed by atoms with Crippen LogP contribution < -0.4 is 0 Å². The molecule has 0 radical (unpaired) electrons. The summed E-state index contributed by atoms with van der Waals surface area (Å²) in [6.07, 6.45) is 0.254. The molecule has 1 aromatic carbocycles. The molecule has 3 heteroatoms. The van der Waals surface area contributed by atoms with Crippen molar-refractivity contribution in [2.45, 2.75) is 26.4 Å². The average Bonchev–Trinajstić information content (AvgIpc) is 2.61. The number of rotatable bonds is 3. The fourth-order valence-electron chi connectivity index (χ4n) is 1.85. The predicted octanol–water partition coefficient (Wildman–Crippen LogP) is 4.40. The Labute approximate surface area is 114 Å². The van der Waals surface area contributed by atoms with Gasteiger partial charge in [-0.25, -0.2) is 0 Å². The van der Waals surface area contributed by atoms with Crippen molar-refractivity contribution in [1.29, 1.82) is 0 Å². The molecule has 1 nitrogen and oxygen atoms in total. The molecule has 90 valence electrons. The van der Waals surface area contributed by atoms with E-state index in [0.717, 1.165) is 9.35 Å². The highest BCUT2D eigenvalue weighted by Gasteiger charge is 2.13. The monoisotopic (exact) mass is 310 g/mol. The van der Waals surface area contributed by atoms with E-state index in [2.05, 4.69) is 47.1 Å². The predicted molar refractivity (Wildman–Crippen MR) is 76.6 cm³/mol. The molecule has 1 atom stereocenters. The first-order valence-corrected chi connectivity index (χ1v) is 7.16. The van der Waals surface area contributed by atoms with Crippen LogP contribution in [0.5, 0.6) is 0 Å². The second kappa shape index (κ2) is 5.34. The van der Waals surface area contributed by atoms with Gasteiger partial charge in [0.2, 0.25) is 0 Å². The lowest BCUT2D eigenvalue weighted by molar-refractivity contribution is 0.178. The molecule has 0 aliphatic rings. The van der Waals surface area contributed by atoms with Gasteiger partial charge in [0.25, 0.3) is 0 Å². The number of thiophene rings is 1. The summed E-state index contributed by atoms with van der Waals surface area (Å²) >= 11 is 5.12. The number of aliphatic hydroxyl groups is 1. The Morgan fingerprint density at radius 3 is 2.41 bits per heavy atom. The van der Waals surface area contributed by atoms with Gasteiger partial charge in [-0.05, 0) is 47.0 Å². The van der Waals surface area contributed by atoms with Crippen LogP contribution in [0.15, 0.2) is 34.1 Å². The molecule has 0 spiro atoms. The summed E-state index contributed by atoms with van der Waals surface area (Å²) in [6.45, 7) is 4.11. The number of halogens is 1. The van der Waals surface area contributed by atoms with E-state index in [1.165, 1.54) is 16.0 Å². The van der Waals surface area contributed by atoms with Crippen LogP contribution >= 0.6 is 27.3 Å². The minimum absolute atomic E-state index is 0.416. The molecular weight excluding hydrogens is 296 g/mol. The lowest BCUT2D eigenvalue weighted by atomic mass is 10.0. The Kier molecular flexibility index (Phi) is 4.02. The van der Waals surface area contributed by atoms with Crippen LogP contribution in [0.1, 0.15) is 27.7 Å². The number of aryl methyl sites for hydroxylation is 2. The van der Waals surface area contributed by atoms with E-state index in [1.807, 2.05) is 13.0 Å². The van der Waals surface area contributed by atoms with Gasteiger partial charge in [-0.1, -0.05) is 29.8 Å². The van der Waals surface area contributed by atoms with Gasteiger partial charge in [0.1, 0.15) is 0 Å². The molecule has 0 aliphatic carbocycles. The van der Waals surface area contributed by atoms with Gasteiger partial charge in [0, 0.05) is 11.3 Å². The van der Waals surface area contributed by atoms with Crippen molar-refractivity contribution in [3.8, 4) is 0 Å².